The third kappa shape index (κ3) is 4.11. The van der Waals surface area contributed by atoms with Crippen LogP contribution < -0.4 is 9.47 Å². The molecule has 146 valence electrons. The van der Waals surface area contributed by atoms with Crippen LogP contribution in [0.2, 0.25) is 0 Å². The van der Waals surface area contributed by atoms with Gasteiger partial charge in [-0.05, 0) is 61.9 Å². The number of halogens is 3. The Kier molecular flexibility index (Phi) is 5.06. The van der Waals surface area contributed by atoms with Gasteiger partial charge >= 0.3 is 6.18 Å². The number of alkyl halides is 3. The van der Waals surface area contributed by atoms with E-state index in [1.807, 2.05) is 26.0 Å². The summed E-state index contributed by atoms with van der Waals surface area (Å²) >= 11 is 0. The Labute approximate surface area is 161 Å². The van der Waals surface area contributed by atoms with Crippen LogP contribution >= 0.6 is 0 Å². The zero-order chi connectivity index (χ0) is 20.5. The molecule has 0 spiro atoms. The summed E-state index contributed by atoms with van der Waals surface area (Å²) in [5, 5.41) is 0. The van der Waals surface area contributed by atoms with Gasteiger partial charge in [-0.25, -0.2) is 0 Å². The molecule has 0 saturated carbocycles. The van der Waals surface area contributed by atoms with Crippen LogP contribution in [0.5, 0.6) is 11.5 Å². The van der Waals surface area contributed by atoms with Gasteiger partial charge in [0.15, 0.2) is 5.78 Å². The van der Waals surface area contributed by atoms with E-state index in [0.29, 0.717) is 22.6 Å². The first-order chi connectivity index (χ1) is 13.1. The standard InChI is InChI=1S/C22H19F3O3/c1-21(2)12-11-17-19(27-3)10-8-16(20(17)28-21)18(26)9-7-14-5-4-6-15(13-14)22(23,24)25/h4-13H,1-3H3. The van der Waals surface area contributed by atoms with Crippen LogP contribution in [0.1, 0.15) is 40.9 Å². The SMILES string of the molecule is COc1ccc(C(=O)C=Cc2cccc(C(F)(F)F)c2)c2c1C=CC(C)(C)O2. The number of carbonyl (C=O) groups is 1. The summed E-state index contributed by atoms with van der Waals surface area (Å²) in [6, 6.07) is 8.04. The summed E-state index contributed by atoms with van der Waals surface area (Å²) in [6.45, 7) is 3.72. The number of fused-ring (bicyclic) bond motifs is 1. The molecule has 0 saturated heterocycles. The molecule has 0 amide bonds. The van der Waals surface area contributed by atoms with Crippen LogP contribution in [0, 0.1) is 0 Å². The number of ether oxygens (including phenoxy) is 2. The molecular formula is C22H19F3O3. The van der Waals surface area contributed by atoms with Crippen LogP contribution in [-0.2, 0) is 6.18 Å². The molecular weight excluding hydrogens is 369 g/mol. The van der Waals surface area contributed by atoms with Crippen LogP contribution in [0.4, 0.5) is 13.2 Å². The van der Waals surface area contributed by atoms with Crippen LogP contribution in [-0.4, -0.2) is 18.5 Å². The number of hydrogen-bond donors (Lipinski definition) is 0. The lowest BCUT2D eigenvalue weighted by molar-refractivity contribution is -0.137. The molecule has 3 nitrogen and oxygen atoms in total. The first-order valence-corrected chi connectivity index (χ1v) is 8.60. The molecule has 2 aromatic rings. The van der Waals surface area contributed by atoms with Crippen molar-refractivity contribution in [1.29, 1.82) is 0 Å². The molecule has 1 aliphatic rings. The lowest BCUT2D eigenvalue weighted by Crippen LogP contribution is -2.28. The van der Waals surface area contributed by atoms with Crippen molar-refractivity contribution in [3.8, 4) is 11.5 Å². The zero-order valence-corrected chi connectivity index (χ0v) is 15.6. The van der Waals surface area contributed by atoms with Crippen LogP contribution in [0.15, 0.2) is 48.6 Å². The predicted molar refractivity (Wildman–Crippen MR) is 102 cm³/mol. The number of methoxy groups -OCH3 is 1. The highest BCUT2D eigenvalue weighted by molar-refractivity contribution is 6.09. The van der Waals surface area contributed by atoms with Crippen molar-refractivity contribution >= 4 is 17.9 Å². The first kappa shape index (κ1) is 19.7. The van der Waals surface area contributed by atoms with E-state index in [2.05, 4.69) is 0 Å². The Hall–Kier alpha value is -3.02. The van der Waals surface area contributed by atoms with E-state index in [4.69, 9.17) is 9.47 Å². The van der Waals surface area contributed by atoms with E-state index in [0.717, 1.165) is 12.1 Å². The smallest absolute Gasteiger partial charge is 0.416 e. The maximum absolute atomic E-state index is 12.8. The number of ketones is 1. The molecule has 0 aromatic heterocycles. The minimum absolute atomic E-state index is 0.284. The van der Waals surface area contributed by atoms with Crippen LogP contribution in [0.25, 0.3) is 12.2 Å². The number of carbonyl (C=O) groups excluding carboxylic acids is 1. The Morgan fingerprint density at radius 3 is 2.61 bits per heavy atom. The van der Waals surface area contributed by atoms with E-state index in [-0.39, 0.29) is 11.3 Å². The molecule has 0 bridgehead atoms. The first-order valence-electron chi connectivity index (χ1n) is 8.60. The van der Waals surface area contributed by atoms with Gasteiger partial charge in [0, 0.05) is 0 Å². The summed E-state index contributed by atoms with van der Waals surface area (Å²) < 4.78 is 49.8. The highest BCUT2D eigenvalue weighted by Gasteiger charge is 2.30. The van der Waals surface area contributed by atoms with E-state index < -0.39 is 17.3 Å². The van der Waals surface area contributed by atoms with Gasteiger partial charge in [0.2, 0.25) is 0 Å². The fraction of sp³-hybridized carbons (Fsp3) is 0.227. The van der Waals surface area contributed by atoms with Gasteiger partial charge in [-0.2, -0.15) is 13.2 Å². The van der Waals surface area contributed by atoms with E-state index >= 15 is 0 Å². The van der Waals surface area contributed by atoms with Crippen molar-refractivity contribution < 1.29 is 27.4 Å². The summed E-state index contributed by atoms with van der Waals surface area (Å²) in [7, 11) is 1.53. The second kappa shape index (κ2) is 7.19. The third-order valence-corrected chi connectivity index (χ3v) is 4.30. The molecule has 0 radical (unpaired) electrons. The number of allylic oxidation sites excluding steroid dienone is 1. The maximum Gasteiger partial charge on any atom is 0.416 e. The molecule has 0 aliphatic carbocycles. The van der Waals surface area contributed by atoms with Gasteiger partial charge in [0.25, 0.3) is 0 Å². The summed E-state index contributed by atoms with van der Waals surface area (Å²) in [5.74, 6) is 0.591. The quantitative estimate of drug-likeness (QED) is 0.491. The van der Waals surface area contributed by atoms with Gasteiger partial charge in [-0.1, -0.05) is 18.2 Å². The number of benzene rings is 2. The maximum atomic E-state index is 12.8. The minimum Gasteiger partial charge on any atom is -0.496 e. The molecule has 1 aliphatic heterocycles. The van der Waals surface area contributed by atoms with Crippen molar-refractivity contribution in [2.24, 2.45) is 0 Å². The molecule has 3 rings (SSSR count). The summed E-state index contributed by atoms with van der Waals surface area (Å²) in [5.41, 5.74) is -0.110. The average Bonchev–Trinajstić information content (AvgIpc) is 2.64. The monoisotopic (exact) mass is 388 g/mol. The van der Waals surface area contributed by atoms with Gasteiger partial charge in [-0.15, -0.1) is 0 Å². The van der Waals surface area contributed by atoms with Crippen molar-refractivity contribution in [2.45, 2.75) is 25.6 Å². The molecule has 1 heterocycles. The topological polar surface area (TPSA) is 35.5 Å². The Morgan fingerprint density at radius 1 is 1.18 bits per heavy atom. The lowest BCUT2D eigenvalue weighted by atomic mass is 9.97. The fourth-order valence-electron chi connectivity index (χ4n) is 2.88. The Balaban J connectivity index is 1.94. The molecule has 0 N–H and O–H groups in total. The van der Waals surface area contributed by atoms with Crippen molar-refractivity contribution in [2.75, 3.05) is 7.11 Å². The Morgan fingerprint density at radius 2 is 1.93 bits per heavy atom. The number of rotatable bonds is 4. The van der Waals surface area contributed by atoms with Gasteiger partial charge in [-0.3, -0.25) is 4.79 Å². The molecule has 0 atom stereocenters. The predicted octanol–water partition coefficient (Wildman–Crippen LogP) is 5.79. The van der Waals surface area contributed by atoms with Crippen molar-refractivity contribution in [3.05, 3.63) is 70.8 Å². The lowest BCUT2D eigenvalue weighted by Gasteiger charge is -2.29. The highest BCUT2D eigenvalue weighted by Crippen LogP contribution is 2.40. The highest BCUT2D eigenvalue weighted by atomic mass is 19.4. The molecule has 0 unspecified atom stereocenters. The summed E-state index contributed by atoms with van der Waals surface area (Å²) in [6.07, 6.45) is 1.87. The normalized spacial score (nSPS) is 15.2. The van der Waals surface area contributed by atoms with Crippen molar-refractivity contribution in [3.63, 3.8) is 0 Å². The largest absolute Gasteiger partial charge is 0.496 e. The van der Waals surface area contributed by atoms with Gasteiger partial charge in [0.1, 0.15) is 17.1 Å². The third-order valence-electron chi connectivity index (χ3n) is 4.30. The van der Waals surface area contributed by atoms with Gasteiger partial charge < -0.3 is 9.47 Å². The van der Waals surface area contributed by atoms with Gasteiger partial charge in [0.05, 0.1) is 23.8 Å². The average molecular weight is 388 g/mol. The van der Waals surface area contributed by atoms with E-state index in [1.165, 1.54) is 31.4 Å². The molecule has 0 fully saturated rings. The second-order valence-corrected chi connectivity index (χ2v) is 6.92. The molecule has 6 heteroatoms. The van der Waals surface area contributed by atoms with E-state index in [1.54, 1.807) is 12.1 Å². The minimum atomic E-state index is -4.44. The zero-order valence-electron chi connectivity index (χ0n) is 15.6. The second-order valence-electron chi connectivity index (χ2n) is 6.92. The molecule has 28 heavy (non-hydrogen) atoms. The fourth-order valence-corrected chi connectivity index (χ4v) is 2.88. The van der Waals surface area contributed by atoms with E-state index in [9.17, 15) is 18.0 Å². The van der Waals surface area contributed by atoms with Crippen LogP contribution in [0.3, 0.4) is 0 Å². The molecule has 2 aromatic carbocycles. The Bertz CT molecular complexity index is 969. The summed E-state index contributed by atoms with van der Waals surface area (Å²) in [4.78, 5) is 12.7. The van der Waals surface area contributed by atoms with Crippen molar-refractivity contribution in [1.82, 2.24) is 0 Å². The number of hydrogen-bond acceptors (Lipinski definition) is 3.